The molecule has 1 aliphatic heterocycles. The van der Waals surface area contributed by atoms with E-state index in [4.69, 9.17) is 5.73 Å². The molecule has 2 nitrogen and oxygen atoms in total. The molecule has 1 heterocycles. The molecule has 0 aromatic heterocycles. The first-order chi connectivity index (χ1) is 6.83. The van der Waals surface area contributed by atoms with Gasteiger partial charge in [-0.25, -0.2) is 0 Å². The van der Waals surface area contributed by atoms with Gasteiger partial charge < -0.3 is 11.1 Å². The van der Waals surface area contributed by atoms with E-state index in [0.29, 0.717) is 0 Å². The molecule has 1 saturated heterocycles. The minimum absolute atomic E-state index is 0.871. The van der Waals surface area contributed by atoms with Gasteiger partial charge in [0.15, 0.2) is 0 Å². The summed E-state index contributed by atoms with van der Waals surface area (Å²) in [6, 6.07) is 0. The van der Waals surface area contributed by atoms with Crippen LogP contribution < -0.4 is 11.1 Å². The highest BCUT2D eigenvalue weighted by molar-refractivity contribution is 5.13. The number of allylic oxidation sites excluding steroid dienone is 3. The van der Waals surface area contributed by atoms with Gasteiger partial charge in [0.2, 0.25) is 0 Å². The predicted molar refractivity (Wildman–Crippen MR) is 61.9 cm³/mol. The van der Waals surface area contributed by atoms with Gasteiger partial charge in [0.05, 0.1) is 0 Å². The number of hydrogen-bond donors (Lipinski definition) is 2. The third-order valence-electron chi connectivity index (χ3n) is 2.84. The van der Waals surface area contributed by atoms with Crippen LogP contribution in [0.4, 0.5) is 0 Å². The summed E-state index contributed by atoms with van der Waals surface area (Å²) in [7, 11) is 0. The molecule has 0 bridgehead atoms. The van der Waals surface area contributed by atoms with E-state index < -0.39 is 0 Å². The first kappa shape index (κ1) is 11.3. The predicted octanol–water partition coefficient (Wildman–Crippen LogP) is 2.18. The van der Waals surface area contributed by atoms with E-state index >= 15 is 0 Å². The van der Waals surface area contributed by atoms with E-state index in [1.807, 2.05) is 19.1 Å². The van der Waals surface area contributed by atoms with Crippen molar-refractivity contribution in [1.29, 1.82) is 0 Å². The van der Waals surface area contributed by atoms with Crippen molar-refractivity contribution in [3.05, 3.63) is 23.9 Å². The monoisotopic (exact) mass is 194 g/mol. The van der Waals surface area contributed by atoms with Gasteiger partial charge in [-0.2, -0.15) is 0 Å². The first-order valence-electron chi connectivity index (χ1n) is 5.62. The van der Waals surface area contributed by atoms with Crippen LogP contribution in [0, 0.1) is 5.92 Å². The minimum atomic E-state index is 0.871. The standard InChI is InChI=1S/C12H22N2/c1-2-12(13)6-4-3-5-11-7-9-14-10-8-11/h2,4,6,11,14H,3,5,7-10,13H2,1H3/b6-4-,12-2+. The van der Waals surface area contributed by atoms with Crippen LogP contribution in [-0.2, 0) is 0 Å². The van der Waals surface area contributed by atoms with Crippen molar-refractivity contribution >= 4 is 0 Å². The molecule has 1 rings (SSSR count). The fraction of sp³-hybridized carbons (Fsp3) is 0.667. The van der Waals surface area contributed by atoms with Crippen molar-refractivity contribution in [2.24, 2.45) is 11.7 Å². The summed E-state index contributed by atoms with van der Waals surface area (Å²) in [5.74, 6) is 0.924. The van der Waals surface area contributed by atoms with Crippen molar-refractivity contribution in [3.8, 4) is 0 Å². The fourth-order valence-electron chi connectivity index (χ4n) is 1.82. The summed E-state index contributed by atoms with van der Waals surface area (Å²) < 4.78 is 0. The number of hydrogen-bond acceptors (Lipinski definition) is 2. The van der Waals surface area contributed by atoms with Gasteiger partial charge in [0, 0.05) is 5.70 Å². The zero-order valence-corrected chi connectivity index (χ0v) is 9.13. The molecule has 2 heteroatoms. The third kappa shape index (κ3) is 4.47. The number of nitrogens with two attached hydrogens (primary N) is 1. The Balaban J connectivity index is 2.10. The lowest BCUT2D eigenvalue weighted by Gasteiger charge is -2.21. The molecule has 80 valence electrons. The highest BCUT2D eigenvalue weighted by Gasteiger charge is 2.10. The Bertz CT molecular complexity index is 200. The molecule has 0 atom stereocenters. The van der Waals surface area contributed by atoms with Crippen LogP contribution in [0.3, 0.4) is 0 Å². The van der Waals surface area contributed by atoms with E-state index in [0.717, 1.165) is 11.6 Å². The minimum Gasteiger partial charge on any atom is -0.399 e. The van der Waals surface area contributed by atoms with Crippen molar-refractivity contribution in [3.63, 3.8) is 0 Å². The van der Waals surface area contributed by atoms with Crippen LogP contribution >= 0.6 is 0 Å². The van der Waals surface area contributed by atoms with Crippen LogP contribution in [0.15, 0.2) is 23.9 Å². The SMILES string of the molecule is C/C=C(N)\C=C/CCC1CCNCC1. The molecule has 0 saturated carbocycles. The topological polar surface area (TPSA) is 38.0 Å². The molecule has 3 N–H and O–H groups in total. The quantitative estimate of drug-likeness (QED) is 0.673. The van der Waals surface area contributed by atoms with Crippen molar-refractivity contribution in [2.45, 2.75) is 32.6 Å². The molecule has 0 amide bonds. The van der Waals surface area contributed by atoms with Crippen LogP contribution in [0.2, 0.25) is 0 Å². The highest BCUT2D eigenvalue weighted by Crippen LogP contribution is 2.17. The maximum Gasteiger partial charge on any atom is 0.0267 e. The Labute approximate surface area is 87.3 Å². The zero-order valence-electron chi connectivity index (χ0n) is 9.13. The molecule has 0 aromatic rings. The molecule has 0 spiro atoms. The Morgan fingerprint density at radius 2 is 2.14 bits per heavy atom. The average Bonchev–Trinajstić information content (AvgIpc) is 2.25. The lowest BCUT2D eigenvalue weighted by Crippen LogP contribution is -2.27. The molecule has 0 radical (unpaired) electrons. The van der Waals surface area contributed by atoms with Crippen LogP contribution in [0.25, 0.3) is 0 Å². The Hall–Kier alpha value is -0.760. The van der Waals surface area contributed by atoms with Crippen LogP contribution in [0.5, 0.6) is 0 Å². The normalized spacial score (nSPS) is 20.5. The van der Waals surface area contributed by atoms with Crippen molar-refractivity contribution in [1.82, 2.24) is 5.32 Å². The summed E-state index contributed by atoms with van der Waals surface area (Å²) in [6.07, 6.45) is 11.3. The van der Waals surface area contributed by atoms with Crippen LogP contribution in [0.1, 0.15) is 32.6 Å². The fourth-order valence-corrected chi connectivity index (χ4v) is 1.82. The number of piperidine rings is 1. The third-order valence-corrected chi connectivity index (χ3v) is 2.84. The molecule has 14 heavy (non-hydrogen) atoms. The Morgan fingerprint density at radius 1 is 1.43 bits per heavy atom. The van der Waals surface area contributed by atoms with Crippen molar-refractivity contribution in [2.75, 3.05) is 13.1 Å². The van der Waals surface area contributed by atoms with Gasteiger partial charge in [0.25, 0.3) is 0 Å². The second kappa shape index (κ2) is 6.66. The second-order valence-corrected chi connectivity index (χ2v) is 3.96. The molecule has 0 aliphatic carbocycles. The largest absolute Gasteiger partial charge is 0.399 e. The van der Waals surface area contributed by atoms with E-state index in [9.17, 15) is 0 Å². The molecule has 0 aromatic carbocycles. The Kier molecular flexibility index (Phi) is 5.38. The second-order valence-electron chi connectivity index (χ2n) is 3.96. The van der Waals surface area contributed by atoms with Gasteiger partial charge >= 0.3 is 0 Å². The van der Waals surface area contributed by atoms with E-state index in [-0.39, 0.29) is 0 Å². The van der Waals surface area contributed by atoms with E-state index in [1.165, 1.54) is 38.8 Å². The lowest BCUT2D eigenvalue weighted by molar-refractivity contribution is 0.356. The van der Waals surface area contributed by atoms with E-state index in [2.05, 4.69) is 11.4 Å². The summed E-state index contributed by atoms with van der Waals surface area (Å²) in [6.45, 7) is 4.36. The number of nitrogens with one attached hydrogen (secondary N) is 1. The molecular weight excluding hydrogens is 172 g/mol. The van der Waals surface area contributed by atoms with Gasteiger partial charge in [0.1, 0.15) is 0 Å². The average molecular weight is 194 g/mol. The molecule has 1 fully saturated rings. The zero-order chi connectivity index (χ0) is 10.2. The van der Waals surface area contributed by atoms with Crippen LogP contribution in [-0.4, -0.2) is 13.1 Å². The molecule has 1 aliphatic rings. The summed E-state index contributed by atoms with van der Waals surface area (Å²) in [5.41, 5.74) is 6.53. The number of rotatable bonds is 4. The summed E-state index contributed by atoms with van der Waals surface area (Å²) in [5, 5.41) is 3.39. The first-order valence-corrected chi connectivity index (χ1v) is 5.62. The van der Waals surface area contributed by atoms with Gasteiger partial charge in [-0.1, -0.05) is 12.2 Å². The molecule has 0 unspecified atom stereocenters. The molecular formula is C12H22N2. The van der Waals surface area contributed by atoms with Gasteiger partial charge in [-0.05, 0) is 57.7 Å². The van der Waals surface area contributed by atoms with Crippen molar-refractivity contribution < 1.29 is 0 Å². The maximum absolute atomic E-state index is 5.66. The smallest absolute Gasteiger partial charge is 0.0267 e. The lowest BCUT2D eigenvalue weighted by atomic mass is 9.93. The Morgan fingerprint density at radius 3 is 2.79 bits per heavy atom. The highest BCUT2D eigenvalue weighted by atomic mass is 14.9. The summed E-state index contributed by atoms with van der Waals surface area (Å²) in [4.78, 5) is 0. The maximum atomic E-state index is 5.66. The summed E-state index contributed by atoms with van der Waals surface area (Å²) >= 11 is 0. The van der Waals surface area contributed by atoms with Gasteiger partial charge in [-0.15, -0.1) is 0 Å². The van der Waals surface area contributed by atoms with Gasteiger partial charge in [-0.3, -0.25) is 0 Å². The van der Waals surface area contributed by atoms with E-state index in [1.54, 1.807) is 0 Å².